The number of aromatic hydroxyl groups is 1. The molecule has 228 valence electrons. The molecule has 3 fully saturated rings. The normalized spacial score (nSPS) is 29.0. The maximum Gasteiger partial charge on any atom is 0.269 e. The first-order valence-electron chi connectivity index (χ1n) is 14.4. The number of hydrogen-bond donors (Lipinski definition) is 1. The number of amides is 4. The fourth-order valence-corrected chi connectivity index (χ4v) is 8.11. The third-order valence-electron chi connectivity index (χ3n) is 10.0. The van der Waals surface area contributed by atoms with E-state index in [1.807, 2.05) is 6.08 Å². The zero-order valence-electron chi connectivity index (χ0n) is 23.7. The Morgan fingerprint density at radius 1 is 0.933 bits per heavy atom. The average Bonchev–Trinajstić information content (AvgIpc) is 3.38. The quantitative estimate of drug-likeness (QED) is 0.173. The third-order valence-corrected chi connectivity index (χ3v) is 10.3. The zero-order chi connectivity index (χ0) is 31.9. The van der Waals surface area contributed by atoms with E-state index in [2.05, 4.69) is 0 Å². The predicted molar refractivity (Wildman–Crippen MR) is 160 cm³/mol. The van der Waals surface area contributed by atoms with Crippen molar-refractivity contribution in [2.24, 2.45) is 29.1 Å². The van der Waals surface area contributed by atoms with Crippen LogP contribution in [0.15, 0.2) is 78.4 Å². The fourth-order valence-electron chi connectivity index (χ4n) is 7.94. The van der Waals surface area contributed by atoms with E-state index < -0.39 is 69.4 Å². The number of nitro benzene ring substituents is 1. The standard InChI is InChI=1S/C33H25ClFN3O7/c1-33-23(30(41)37(32(33)43)18-10-13-25(35)24(34)14-18)15-22-19(28(33)20-4-2-3-5-26(20)39)11-12-21-27(22)31(42)36(29(21)40)16-6-8-17(9-7-16)38(44)45/h2-11,13-14,21-23,27-28,39H,12,15H2,1H3. The molecule has 2 aliphatic heterocycles. The van der Waals surface area contributed by atoms with Crippen LogP contribution in [0.1, 0.15) is 31.2 Å². The van der Waals surface area contributed by atoms with Crippen molar-refractivity contribution in [3.05, 3.63) is 105 Å². The van der Waals surface area contributed by atoms with Crippen LogP contribution in [-0.4, -0.2) is 33.7 Å². The lowest BCUT2D eigenvalue weighted by Crippen LogP contribution is -2.48. The minimum atomic E-state index is -1.39. The lowest BCUT2D eigenvalue weighted by molar-refractivity contribution is -0.384. The van der Waals surface area contributed by atoms with Gasteiger partial charge in [-0.15, -0.1) is 0 Å². The van der Waals surface area contributed by atoms with Crippen molar-refractivity contribution in [1.82, 2.24) is 0 Å². The van der Waals surface area contributed by atoms with Gasteiger partial charge in [-0.1, -0.05) is 41.4 Å². The first-order chi connectivity index (χ1) is 21.4. The Morgan fingerprint density at radius 2 is 1.62 bits per heavy atom. The molecule has 6 unspecified atom stereocenters. The van der Waals surface area contributed by atoms with Crippen molar-refractivity contribution in [2.75, 3.05) is 9.80 Å². The topological polar surface area (TPSA) is 138 Å². The van der Waals surface area contributed by atoms with E-state index in [9.17, 15) is 38.8 Å². The summed E-state index contributed by atoms with van der Waals surface area (Å²) in [4.78, 5) is 69.0. The van der Waals surface area contributed by atoms with Crippen LogP contribution in [0.25, 0.3) is 0 Å². The van der Waals surface area contributed by atoms with E-state index in [1.54, 1.807) is 25.1 Å². The van der Waals surface area contributed by atoms with Crippen LogP contribution in [0.4, 0.5) is 21.5 Å². The molecule has 6 atom stereocenters. The molecule has 45 heavy (non-hydrogen) atoms. The number of phenolic OH excluding ortho intramolecular Hbond substituents is 1. The summed E-state index contributed by atoms with van der Waals surface area (Å²) in [6.07, 6.45) is 2.12. The molecule has 2 saturated heterocycles. The van der Waals surface area contributed by atoms with Gasteiger partial charge in [-0.2, -0.15) is 0 Å². The molecule has 0 bridgehead atoms. The van der Waals surface area contributed by atoms with E-state index in [0.717, 1.165) is 15.9 Å². The van der Waals surface area contributed by atoms with Gasteiger partial charge in [0.2, 0.25) is 23.6 Å². The van der Waals surface area contributed by atoms with Crippen LogP contribution in [-0.2, 0) is 19.2 Å². The average molecular weight is 630 g/mol. The van der Waals surface area contributed by atoms with Gasteiger partial charge in [0, 0.05) is 23.6 Å². The number of fused-ring (bicyclic) bond motifs is 4. The number of allylic oxidation sites excluding steroid dienone is 2. The van der Waals surface area contributed by atoms with E-state index in [0.29, 0.717) is 11.1 Å². The maximum atomic E-state index is 14.4. The second-order valence-electron chi connectivity index (χ2n) is 12.1. The molecule has 3 aromatic rings. The Kier molecular flexibility index (Phi) is 6.45. The van der Waals surface area contributed by atoms with Gasteiger partial charge < -0.3 is 5.11 Å². The van der Waals surface area contributed by atoms with Gasteiger partial charge in [0.25, 0.3) is 5.69 Å². The van der Waals surface area contributed by atoms with Crippen LogP contribution in [0.2, 0.25) is 5.02 Å². The van der Waals surface area contributed by atoms with Gasteiger partial charge in [-0.25, -0.2) is 9.29 Å². The van der Waals surface area contributed by atoms with Crippen molar-refractivity contribution < 1.29 is 33.6 Å². The summed E-state index contributed by atoms with van der Waals surface area (Å²) in [7, 11) is 0. The number of benzene rings is 3. The maximum absolute atomic E-state index is 14.4. The van der Waals surface area contributed by atoms with E-state index in [4.69, 9.17) is 11.6 Å². The lowest BCUT2D eigenvalue weighted by Gasteiger charge is -2.49. The Hall–Kier alpha value is -4.90. The highest BCUT2D eigenvalue weighted by atomic mass is 35.5. The number of nitro groups is 1. The molecule has 0 aromatic heterocycles. The number of imide groups is 2. The molecule has 4 amide bonds. The lowest BCUT2D eigenvalue weighted by atomic mass is 9.51. The molecule has 3 aromatic carbocycles. The molecule has 12 heteroatoms. The Morgan fingerprint density at radius 3 is 2.29 bits per heavy atom. The summed E-state index contributed by atoms with van der Waals surface area (Å²) >= 11 is 6.03. The van der Waals surface area contributed by atoms with Gasteiger partial charge in [0.15, 0.2) is 0 Å². The summed E-state index contributed by atoms with van der Waals surface area (Å²) in [5.41, 5.74) is -0.180. The number of non-ortho nitro benzene ring substituents is 1. The molecule has 2 aliphatic carbocycles. The first kappa shape index (κ1) is 28.8. The molecule has 4 aliphatic rings. The number of phenols is 1. The van der Waals surface area contributed by atoms with E-state index >= 15 is 0 Å². The predicted octanol–water partition coefficient (Wildman–Crippen LogP) is 5.53. The number of para-hydroxylation sites is 1. The Labute approximate surface area is 260 Å². The largest absolute Gasteiger partial charge is 0.508 e. The Balaban J connectivity index is 1.34. The van der Waals surface area contributed by atoms with Crippen molar-refractivity contribution in [1.29, 1.82) is 0 Å². The molecule has 10 nitrogen and oxygen atoms in total. The number of carbonyl (C=O) groups is 4. The van der Waals surface area contributed by atoms with Crippen LogP contribution in [0.3, 0.4) is 0 Å². The number of nitrogens with zero attached hydrogens (tertiary/aromatic N) is 3. The number of halogens is 2. The second kappa shape index (κ2) is 10.1. The molecular weight excluding hydrogens is 605 g/mol. The van der Waals surface area contributed by atoms with Crippen LogP contribution >= 0.6 is 11.6 Å². The highest BCUT2D eigenvalue weighted by molar-refractivity contribution is 6.32. The molecule has 0 spiro atoms. The zero-order valence-corrected chi connectivity index (χ0v) is 24.5. The molecular formula is C33H25ClFN3O7. The number of carbonyl (C=O) groups excluding carboxylic acids is 4. The minimum Gasteiger partial charge on any atom is -0.508 e. The van der Waals surface area contributed by atoms with Crippen LogP contribution in [0.5, 0.6) is 5.75 Å². The molecule has 1 saturated carbocycles. The second-order valence-corrected chi connectivity index (χ2v) is 12.5. The molecule has 2 heterocycles. The monoisotopic (exact) mass is 629 g/mol. The third kappa shape index (κ3) is 3.99. The summed E-state index contributed by atoms with van der Waals surface area (Å²) in [5, 5.41) is 22.0. The van der Waals surface area contributed by atoms with Crippen molar-refractivity contribution in [2.45, 2.75) is 25.7 Å². The summed E-state index contributed by atoms with van der Waals surface area (Å²) in [5.74, 6) is -6.82. The van der Waals surface area contributed by atoms with Gasteiger partial charge >= 0.3 is 0 Å². The van der Waals surface area contributed by atoms with Crippen LogP contribution in [0, 0.1) is 45.0 Å². The SMILES string of the molecule is CC12C(=O)N(c3ccc(F)c(Cl)c3)C(=O)C1CC1C(=CCC3C(=O)N(c4ccc([N+](=O)[O-])cc4)C(=O)C31)C2c1ccccc1O. The van der Waals surface area contributed by atoms with Gasteiger partial charge in [0.05, 0.1) is 44.5 Å². The summed E-state index contributed by atoms with van der Waals surface area (Å²) in [6, 6.07) is 15.3. The van der Waals surface area contributed by atoms with Gasteiger partial charge in [-0.3, -0.25) is 34.2 Å². The number of hydrogen-bond acceptors (Lipinski definition) is 7. The van der Waals surface area contributed by atoms with E-state index in [-0.39, 0.29) is 40.7 Å². The molecule has 0 radical (unpaired) electrons. The Bertz CT molecular complexity index is 1880. The van der Waals surface area contributed by atoms with Gasteiger partial charge in [0.1, 0.15) is 11.6 Å². The highest BCUT2D eigenvalue weighted by Gasteiger charge is 2.68. The number of rotatable bonds is 4. The van der Waals surface area contributed by atoms with E-state index in [1.165, 1.54) is 42.5 Å². The minimum absolute atomic E-state index is 0.0801. The van der Waals surface area contributed by atoms with Crippen molar-refractivity contribution in [3.8, 4) is 5.75 Å². The summed E-state index contributed by atoms with van der Waals surface area (Å²) in [6.45, 7) is 1.67. The summed E-state index contributed by atoms with van der Waals surface area (Å²) < 4.78 is 14.0. The number of anilines is 2. The van der Waals surface area contributed by atoms with Gasteiger partial charge in [-0.05, 0) is 62.1 Å². The highest BCUT2D eigenvalue weighted by Crippen LogP contribution is 2.64. The first-order valence-corrected chi connectivity index (χ1v) is 14.8. The van der Waals surface area contributed by atoms with Crippen molar-refractivity contribution in [3.63, 3.8) is 0 Å². The molecule has 1 N–H and O–H groups in total. The van der Waals surface area contributed by atoms with Crippen LogP contribution < -0.4 is 9.80 Å². The fraction of sp³-hybridized carbons (Fsp3) is 0.273. The smallest absolute Gasteiger partial charge is 0.269 e. The molecule has 7 rings (SSSR count). The van der Waals surface area contributed by atoms with Crippen molar-refractivity contribution >= 4 is 52.3 Å².